The normalized spacial score (nSPS) is 10.6. The van der Waals surface area contributed by atoms with Crippen LogP contribution in [0.25, 0.3) is 10.8 Å². The van der Waals surface area contributed by atoms with Gasteiger partial charge in [-0.1, -0.05) is 48.5 Å². The maximum Gasteiger partial charge on any atom is 0.125 e. The lowest BCUT2D eigenvalue weighted by Crippen LogP contribution is -2.00. The molecule has 0 atom stereocenters. The third-order valence-corrected chi connectivity index (χ3v) is 3.19. The number of benzene rings is 3. The van der Waals surface area contributed by atoms with Crippen LogP contribution in [0, 0.1) is 5.82 Å². The molecule has 1 nitrogen and oxygen atoms in total. The van der Waals surface area contributed by atoms with Gasteiger partial charge in [-0.05, 0) is 34.5 Å². The molecule has 3 aromatic rings. The zero-order chi connectivity index (χ0) is 13.1. The van der Waals surface area contributed by atoms with E-state index in [1.165, 1.54) is 28.5 Å². The summed E-state index contributed by atoms with van der Waals surface area (Å²) in [6, 6.07) is 21.0. The molecule has 0 radical (unpaired) electrons. The number of anilines is 1. The van der Waals surface area contributed by atoms with E-state index in [0.717, 1.165) is 5.69 Å². The van der Waals surface area contributed by atoms with Crippen molar-refractivity contribution in [2.24, 2.45) is 0 Å². The van der Waals surface area contributed by atoms with Gasteiger partial charge in [-0.2, -0.15) is 0 Å². The summed E-state index contributed by atoms with van der Waals surface area (Å²) >= 11 is 0. The predicted octanol–water partition coefficient (Wildman–Crippen LogP) is 4.59. The molecule has 0 amide bonds. The van der Waals surface area contributed by atoms with Gasteiger partial charge in [0.15, 0.2) is 0 Å². The summed E-state index contributed by atoms with van der Waals surface area (Å²) in [4.78, 5) is 0. The molecule has 19 heavy (non-hydrogen) atoms. The minimum atomic E-state index is -0.220. The Labute approximate surface area is 111 Å². The van der Waals surface area contributed by atoms with Crippen LogP contribution in [-0.4, -0.2) is 0 Å². The Morgan fingerprint density at radius 2 is 1.63 bits per heavy atom. The number of hydrogen-bond acceptors (Lipinski definition) is 1. The average Bonchev–Trinajstić information content (AvgIpc) is 2.45. The Hall–Kier alpha value is -2.35. The smallest absolute Gasteiger partial charge is 0.125 e. The molecule has 0 aromatic heterocycles. The van der Waals surface area contributed by atoms with E-state index in [9.17, 15) is 4.39 Å². The zero-order valence-corrected chi connectivity index (χ0v) is 10.4. The zero-order valence-electron chi connectivity index (χ0n) is 10.4. The number of hydrogen-bond donors (Lipinski definition) is 1. The summed E-state index contributed by atoms with van der Waals surface area (Å²) in [5.41, 5.74) is 2.01. The lowest BCUT2D eigenvalue weighted by atomic mass is 10.0. The fourth-order valence-corrected chi connectivity index (χ4v) is 2.24. The van der Waals surface area contributed by atoms with Crippen molar-refractivity contribution in [3.63, 3.8) is 0 Å². The lowest BCUT2D eigenvalue weighted by molar-refractivity contribution is 0.628. The second-order valence-electron chi connectivity index (χ2n) is 4.50. The molecule has 0 fully saturated rings. The molecule has 0 saturated heterocycles. The molecule has 0 aliphatic rings. The van der Waals surface area contributed by atoms with Crippen molar-refractivity contribution in [1.82, 2.24) is 0 Å². The van der Waals surface area contributed by atoms with Crippen molar-refractivity contribution in [1.29, 1.82) is 0 Å². The van der Waals surface area contributed by atoms with E-state index in [2.05, 4.69) is 29.6 Å². The van der Waals surface area contributed by atoms with Crippen LogP contribution in [0.5, 0.6) is 0 Å². The number of fused-ring (bicyclic) bond motifs is 1. The molecule has 0 saturated carbocycles. The van der Waals surface area contributed by atoms with Gasteiger partial charge in [0.05, 0.1) is 0 Å². The quantitative estimate of drug-likeness (QED) is 0.717. The number of halogens is 1. The summed E-state index contributed by atoms with van der Waals surface area (Å²) < 4.78 is 13.1. The topological polar surface area (TPSA) is 12.0 Å². The van der Waals surface area contributed by atoms with Crippen molar-refractivity contribution in [3.8, 4) is 0 Å². The van der Waals surface area contributed by atoms with Gasteiger partial charge >= 0.3 is 0 Å². The highest BCUT2D eigenvalue weighted by molar-refractivity contribution is 5.85. The molecule has 2 heteroatoms. The standard InChI is InChI=1S/C17H14FN/c18-15-8-4-9-16(11-15)19-12-14-7-3-6-13-5-1-2-10-17(13)14/h1-11,19H,12H2. The molecule has 0 bridgehead atoms. The van der Waals surface area contributed by atoms with Gasteiger partial charge in [0, 0.05) is 12.2 Å². The van der Waals surface area contributed by atoms with Gasteiger partial charge in [0.25, 0.3) is 0 Å². The number of nitrogens with one attached hydrogen (secondary N) is 1. The molecule has 0 spiro atoms. The molecular weight excluding hydrogens is 237 g/mol. The van der Waals surface area contributed by atoms with E-state index in [-0.39, 0.29) is 5.82 Å². The first-order valence-electron chi connectivity index (χ1n) is 6.29. The van der Waals surface area contributed by atoms with Gasteiger partial charge in [-0.15, -0.1) is 0 Å². The Balaban J connectivity index is 1.86. The molecule has 0 aliphatic carbocycles. The van der Waals surface area contributed by atoms with Gasteiger partial charge in [0.2, 0.25) is 0 Å². The van der Waals surface area contributed by atoms with Crippen LogP contribution in [0.15, 0.2) is 66.7 Å². The maximum absolute atomic E-state index is 13.1. The van der Waals surface area contributed by atoms with E-state index >= 15 is 0 Å². The van der Waals surface area contributed by atoms with Crippen LogP contribution >= 0.6 is 0 Å². The van der Waals surface area contributed by atoms with E-state index in [0.29, 0.717) is 6.54 Å². The second-order valence-corrected chi connectivity index (χ2v) is 4.50. The summed E-state index contributed by atoms with van der Waals surface area (Å²) in [7, 11) is 0. The molecule has 0 aliphatic heterocycles. The maximum atomic E-state index is 13.1. The Kier molecular flexibility index (Phi) is 3.15. The van der Waals surface area contributed by atoms with Crippen molar-refractivity contribution in [3.05, 3.63) is 78.1 Å². The largest absolute Gasteiger partial charge is 0.381 e. The first-order valence-corrected chi connectivity index (χ1v) is 6.29. The van der Waals surface area contributed by atoms with Gasteiger partial charge in [-0.3, -0.25) is 0 Å². The highest BCUT2D eigenvalue weighted by atomic mass is 19.1. The van der Waals surface area contributed by atoms with Crippen molar-refractivity contribution in [2.75, 3.05) is 5.32 Å². The first-order chi connectivity index (χ1) is 9.33. The third kappa shape index (κ3) is 2.58. The fraction of sp³-hybridized carbons (Fsp3) is 0.0588. The van der Waals surface area contributed by atoms with Crippen LogP contribution < -0.4 is 5.32 Å². The molecule has 3 aromatic carbocycles. The van der Waals surface area contributed by atoms with Crippen molar-refractivity contribution in [2.45, 2.75) is 6.54 Å². The van der Waals surface area contributed by atoms with Gasteiger partial charge in [-0.25, -0.2) is 4.39 Å². The lowest BCUT2D eigenvalue weighted by Gasteiger charge is -2.09. The van der Waals surface area contributed by atoms with Crippen LogP contribution in [0.4, 0.5) is 10.1 Å². The van der Waals surface area contributed by atoms with Crippen molar-refractivity contribution < 1.29 is 4.39 Å². The second kappa shape index (κ2) is 5.11. The molecule has 0 heterocycles. The van der Waals surface area contributed by atoms with Crippen LogP contribution in [-0.2, 0) is 6.54 Å². The molecule has 1 N–H and O–H groups in total. The monoisotopic (exact) mass is 251 g/mol. The van der Waals surface area contributed by atoms with E-state index in [1.807, 2.05) is 24.3 Å². The highest BCUT2D eigenvalue weighted by Crippen LogP contribution is 2.19. The van der Waals surface area contributed by atoms with E-state index < -0.39 is 0 Å². The average molecular weight is 251 g/mol. The van der Waals surface area contributed by atoms with Gasteiger partial charge < -0.3 is 5.32 Å². The summed E-state index contributed by atoms with van der Waals surface area (Å²) in [5, 5.41) is 5.71. The number of rotatable bonds is 3. The Morgan fingerprint density at radius 3 is 2.53 bits per heavy atom. The molecule has 94 valence electrons. The van der Waals surface area contributed by atoms with Crippen LogP contribution in [0.1, 0.15) is 5.56 Å². The minimum absolute atomic E-state index is 0.220. The van der Waals surface area contributed by atoms with E-state index in [4.69, 9.17) is 0 Å². The van der Waals surface area contributed by atoms with Crippen LogP contribution in [0.3, 0.4) is 0 Å². The molecule has 3 rings (SSSR count). The predicted molar refractivity (Wildman–Crippen MR) is 77.7 cm³/mol. The van der Waals surface area contributed by atoms with Crippen LogP contribution in [0.2, 0.25) is 0 Å². The summed E-state index contributed by atoms with van der Waals surface area (Å²) in [5.74, 6) is -0.220. The summed E-state index contributed by atoms with van der Waals surface area (Å²) in [6.07, 6.45) is 0. The Morgan fingerprint density at radius 1 is 0.842 bits per heavy atom. The summed E-state index contributed by atoms with van der Waals surface area (Å²) in [6.45, 7) is 0.685. The van der Waals surface area contributed by atoms with Crippen molar-refractivity contribution >= 4 is 16.5 Å². The minimum Gasteiger partial charge on any atom is -0.381 e. The molecular formula is C17H14FN. The fourth-order valence-electron chi connectivity index (χ4n) is 2.24. The first kappa shape index (κ1) is 11.7. The highest BCUT2D eigenvalue weighted by Gasteiger charge is 2.00. The van der Waals surface area contributed by atoms with Gasteiger partial charge in [0.1, 0.15) is 5.82 Å². The Bertz CT molecular complexity index is 701. The third-order valence-electron chi connectivity index (χ3n) is 3.19. The van der Waals surface area contributed by atoms with E-state index in [1.54, 1.807) is 6.07 Å². The SMILES string of the molecule is Fc1cccc(NCc2cccc3ccccc23)c1. The molecule has 0 unspecified atom stereocenters.